The summed E-state index contributed by atoms with van der Waals surface area (Å²) in [5, 5.41) is 5.82. The van der Waals surface area contributed by atoms with E-state index in [1.807, 2.05) is 0 Å². The van der Waals surface area contributed by atoms with Gasteiger partial charge in [-0.2, -0.15) is 0 Å². The van der Waals surface area contributed by atoms with Gasteiger partial charge in [-0.25, -0.2) is 0 Å². The lowest BCUT2D eigenvalue weighted by Gasteiger charge is -2.07. The second-order valence-corrected chi connectivity index (χ2v) is 6.35. The van der Waals surface area contributed by atoms with Crippen LogP contribution in [-0.4, -0.2) is 31.4 Å². The lowest BCUT2D eigenvalue weighted by molar-refractivity contribution is 0.0941. The Bertz CT molecular complexity index is 500. The van der Waals surface area contributed by atoms with Crippen LogP contribution in [0.4, 0.5) is 0 Å². The van der Waals surface area contributed by atoms with Gasteiger partial charge in [0, 0.05) is 24.2 Å². The fraction of sp³-hybridized carbons (Fsp3) is 0.600. The second-order valence-electron chi connectivity index (χ2n) is 6.35. The Hall–Kier alpha value is -1.88. The standard InChI is InChI=1S/C20H33N3O2/c1-2-3-4-8-15-22-19(24)17-10-12-18(13-11-17)20(25)23-16-9-6-5-7-14-21/h10-13H,2-9,14-16,21H2,1H3,(H,22,24)(H,23,25). The molecular weight excluding hydrogens is 314 g/mol. The highest BCUT2D eigenvalue weighted by molar-refractivity contribution is 5.97. The number of nitrogens with two attached hydrogens (primary N) is 1. The van der Waals surface area contributed by atoms with Gasteiger partial charge in [0.2, 0.25) is 0 Å². The highest BCUT2D eigenvalue weighted by Crippen LogP contribution is 2.06. The third-order valence-electron chi connectivity index (χ3n) is 4.14. The van der Waals surface area contributed by atoms with E-state index in [1.54, 1.807) is 24.3 Å². The summed E-state index contributed by atoms with van der Waals surface area (Å²) in [6.07, 6.45) is 8.72. The van der Waals surface area contributed by atoms with Gasteiger partial charge in [-0.1, -0.05) is 39.0 Å². The largest absolute Gasteiger partial charge is 0.352 e. The Morgan fingerprint density at radius 2 is 1.20 bits per heavy atom. The van der Waals surface area contributed by atoms with Gasteiger partial charge in [0.1, 0.15) is 0 Å². The summed E-state index contributed by atoms with van der Waals surface area (Å²) >= 11 is 0. The van der Waals surface area contributed by atoms with Gasteiger partial charge in [0.05, 0.1) is 0 Å². The molecule has 1 rings (SSSR count). The third-order valence-corrected chi connectivity index (χ3v) is 4.14. The van der Waals surface area contributed by atoms with E-state index in [0.717, 1.165) is 45.1 Å². The van der Waals surface area contributed by atoms with Gasteiger partial charge in [0.25, 0.3) is 11.8 Å². The Labute approximate surface area is 151 Å². The van der Waals surface area contributed by atoms with Crippen LogP contribution < -0.4 is 16.4 Å². The molecule has 0 aliphatic rings. The van der Waals surface area contributed by atoms with Crippen LogP contribution in [0.3, 0.4) is 0 Å². The van der Waals surface area contributed by atoms with Gasteiger partial charge in [-0.05, 0) is 50.1 Å². The lowest BCUT2D eigenvalue weighted by Crippen LogP contribution is -2.26. The van der Waals surface area contributed by atoms with Crippen LogP contribution >= 0.6 is 0 Å². The van der Waals surface area contributed by atoms with E-state index in [4.69, 9.17) is 5.73 Å². The van der Waals surface area contributed by atoms with Crippen molar-refractivity contribution in [3.05, 3.63) is 35.4 Å². The fourth-order valence-corrected chi connectivity index (χ4v) is 2.56. The third kappa shape index (κ3) is 9.25. The maximum atomic E-state index is 12.1. The van der Waals surface area contributed by atoms with Crippen molar-refractivity contribution in [1.82, 2.24) is 10.6 Å². The second kappa shape index (κ2) is 13.4. The van der Waals surface area contributed by atoms with Crippen LogP contribution in [0, 0.1) is 0 Å². The Morgan fingerprint density at radius 3 is 1.64 bits per heavy atom. The van der Waals surface area contributed by atoms with Crippen molar-refractivity contribution in [2.45, 2.75) is 58.3 Å². The van der Waals surface area contributed by atoms with Crippen molar-refractivity contribution in [1.29, 1.82) is 0 Å². The molecule has 5 heteroatoms. The number of carbonyl (C=O) groups excluding carboxylic acids is 2. The topological polar surface area (TPSA) is 84.2 Å². The molecule has 0 aromatic heterocycles. The number of nitrogens with one attached hydrogen (secondary N) is 2. The van der Waals surface area contributed by atoms with E-state index < -0.39 is 0 Å². The maximum absolute atomic E-state index is 12.1. The summed E-state index contributed by atoms with van der Waals surface area (Å²) in [5.41, 5.74) is 6.62. The Kier molecular flexibility index (Phi) is 11.4. The molecule has 0 atom stereocenters. The van der Waals surface area contributed by atoms with Crippen LogP contribution in [0.15, 0.2) is 24.3 Å². The van der Waals surface area contributed by atoms with Gasteiger partial charge < -0.3 is 16.4 Å². The summed E-state index contributed by atoms with van der Waals surface area (Å²) < 4.78 is 0. The predicted molar refractivity (Wildman–Crippen MR) is 103 cm³/mol. The number of rotatable bonds is 13. The van der Waals surface area contributed by atoms with Crippen molar-refractivity contribution in [3.8, 4) is 0 Å². The van der Waals surface area contributed by atoms with Crippen LogP contribution in [0.5, 0.6) is 0 Å². The molecule has 140 valence electrons. The van der Waals surface area contributed by atoms with E-state index in [1.165, 1.54) is 12.8 Å². The van der Waals surface area contributed by atoms with Crippen molar-refractivity contribution >= 4 is 11.8 Å². The first kappa shape index (κ1) is 21.2. The molecule has 0 radical (unpaired) electrons. The highest BCUT2D eigenvalue weighted by atomic mass is 16.2. The zero-order chi connectivity index (χ0) is 18.3. The van der Waals surface area contributed by atoms with E-state index in [2.05, 4.69) is 17.6 Å². The zero-order valence-corrected chi connectivity index (χ0v) is 15.5. The molecule has 0 aliphatic heterocycles. The summed E-state index contributed by atoms with van der Waals surface area (Å²) in [6.45, 7) is 4.26. The average molecular weight is 348 g/mol. The summed E-state index contributed by atoms with van der Waals surface area (Å²) in [5.74, 6) is -0.172. The number of hydrogen-bond donors (Lipinski definition) is 3. The monoisotopic (exact) mass is 347 g/mol. The van der Waals surface area contributed by atoms with Gasteiger partial charge >= 0.3 is 0 Å². The number of hydrogen-bond acceptors (Lipinski definition) is 3. The first-order chi connectivity index (χ1) is 12.2. The quantitative estimate of drug-likeness (QED) is 0.479. The molecule has 0 spiro atoms. The average Bonchev–Trinajstić information content (AvgIpc) is 2.64. The Morgan fingerprint density at radius 1 is 0.760 bits per heavy atom. The molecular formula is C20H33N3O2. The summed E-state index contributed by atoms with van der Waals surface area (Å²) in [7, 11) is 0. The molecule has 25 heavy (non-hydrogen) atoms. The molecule has 0 heterocycles. The van der Waals surface area contributed by atoms with Crippen molar-refractivity contribution < 1.29 is 9.59 Å². The lowest BCUT2D eigenvalue weighted by atomic mass is 10.1. The molecule has 0 saturated heterocycles. The van der Waals surface area contributed by atoms with Crippen molar-refractivity contribution in [2.24, 2.45) is 5.73 Å². The fourth-order valence-electron chi connectivity index (χ4n) is 2.56. The highest BCUT2D eigenvalue weighted by Gasteiger charge is 2.08. The predicted octanol–water partition coefficient (Wildman–Crippen LogP) is 3.25. The minimum atomic E-state index is -0.0923. The first-order valence-corrected chi connectivity index (χ1v) is 9.55. The number of benzene rings is 1. The maximum Gasteiger partial charge on any atom is 0.251 e. The molecule has 1 aromatic rings. The molecule has 0 aliphatic carbocycles. The van der Waals surface area contributed by atoms with Gasteiger partial charge in [0.15, 0.2) is 0 Å². The van der Waals surface area contributed by atoms with Gasteiger partial charge in [-0.3, -0.25) is 9.59 Å². The van der Waals surface area contributed by atoms with Crippen molar-refractivity contribution in [2.75, 3.05) is 19.6 Å². The number of unbranched alkanes of at least 4 members (excludes halogenated alkanes) is 6. The molecule has 4 N–H and O–H groups in total. The zero-order valence-electron chi connectivity index (χ0n) is 15.5. The smallest absolute Gasteiger partial charge is 0.251 e. The van der Waals surface area contributed by atoms with E-state index in [0.29, 0.717) is 24.2 Å². The van der Waals surface area contributed by atoms with Crippen LogP contribution in [0.2, 0.25) is 0 Å². The Balaban J connectivity index is 2.29. The molecule has 0 fully saturated rings. The molecule has 0 bridgehead atoms. The molecule has 2 amide bonds. The van der Waals surface area contributed by atoms with E-state index in [-0.39, 0.29) is 11.8 Å². The van der Waals surface area contributed by atoms with E-state index >= 15 is 0 Å². The van der Waals surface area contributed by atoms with Crippen LogP contribution in [0.1, 0.15) is 79.0 Å². The summed E-state index contributed by atoms with van der Waals surface area (Å²) in [4.78, 5) is 24.1. The summed E-state index contributed by atoms with van der Waals surface area (Å²) in [6, 6.07) is 6.82. The first-order valence-electron chi connectivity index (χ1n) is 9.55. The van der Waals surface area contributed by atoms with Crippen molar-refractivity contribution in [3.63, 3.8) is 0 Å². The minimum absolute atomic E-state index is 0.0802. The molecule has 1 aromatic carbocycles. The van der Waals surface area contributed by atoms with Gasteiger partial charge in [-0.15, -0.1) is 0 Å². The number of carbonyl (C=O) groups is 2. The molecule has 0 saturated carbocycles. The van der Waals surface area contributed by atoms with Crippen LogP contribution in [-0.2, 0) is 0 Å². The number of amides is 2. The SMILES string of the molecule is CCCCCCNC(=O)c1ccc(C(=O)NCCCCCCN)cc1. The molecule has 0 unspecified atom stereocenters. The van der Waals surface area contributed by atoms with Crippen LogP contribution in [0.25, 0.3) is 0 Å². The molecule has 5 nitrogen and oxygen atoms in total. The minimum Gasteiger partial charge on any atom is -0.352 e. The normalized spacial score (nSPS) is 10.5. The van der Waals surface area contributed by atoms with E-state index in [9.17, 15) is 9.59 Å².